The van der Waals surface area contributed by atoms with Crippen LogP contribution in [0.15, 0.2) is 24.4 Å². The molecule has 82 valence electrons. The Kier molecular flexibility index (Phi) is 11.6. The van der Waals surface area contributed by atoms with Crippen molar-refractivity contribution in [2.75, 3.05) is 6.54 Å². The molecule has 0 amide bonds. The van der Waals surface area contributed by atoms with Crippen LogP contribution in [0, 0.1) is 0 Å². The average molecular weight is 196 g/mol. The Hall–Kier alpha value is -0.760. The van der Waals surface area contributed by atoms with Gasteiger partial charge in [0, 0.05) is 0 Å². The van der Waals surface area contributed by atoms with Gasteiger partial charge in [-0.25, -0.2) is 0 Å². The van der Waals surface area contributed by atoms with Crippen molar-refractivity contribution in [1.29, 1.82) is 0 Å². The summed E-state index contributed by atoms with van der Waals surface area (Å²) in [5.41, 5.74) is 10.6. The molecular weight excluding hydrogens is 172 g/mol. The van der Waals surface area contributed by atoms with Crippen LogP contribution in [0.3, 0.4) is 0 Å². The molecule has 0 radical (unpaired) electrons. The fraction of sp³-hybridized carbons (Fsp3) is 0.667. The molecule has 0 spiro atoms. The van der Waals surface area contributed by atoms with Gasteiger partial charge in [-0.1, -0.05) is 37.8 Å². The van der Waals surface area contributed by atoms with Gasteiger partial charge in [-0.15, -0.1) is 0 Å². The molecule has 0 heterocycles. The molecule has 2 nitrogen and oxygen atoms in total. The highest BCUT2D eigenvalue weighted by Crippen LogP contribution is 2.06. The first-order valence-corrected chi connectivity index (χ1v) is 5.65. The Morgan fingerprint density at radius 1 is 0.786 bits per heavy atom. The van der Waals surface area contributed by atoms with E-state index in [2.05, 4.69) is 6.08 Å². The summed E-state index contributed by atoms with van der Waals surface area (Å²) in [6.45, 7) is 0.841. The molecule has 0 rings (SSSR count). The molecule has 0 saturated heterocycles. The van der Waals surface area contributed by atoms with Gasteiger partial charge in [0.15, 0.2) is 0 Å². The smallest absolute Gasteiger partial charge is 0.00625 e. The predicted octanol–water partition coefficient (Wildman–Crippen LogP) is 2.70. The van der Waals surface area contributed by atoms with Gasteiger partial charge in [-0.3, -0.25) is 0 Å². The van der Waals surface area contributed by atoms with Crippen molar-refractivity contribution < 1.29 is 0 Å². The predicted molar refractivity (Wildman–Crippen MR) is 63.8 cm³/mol. The summed E-state index contributed by atoms with van der Waals surface area (Å²) in [6.07, 6.45) is 16.6. The Bertz CT molecular complexity index is 150. The Morgan fingerprint density at radius 3 is 2.07 bits per heavy atom. The quantitative estimate of drug-likeness (QED) is 0.440. The van der Waals surface area contributed by atoms with E-state index in [1.54, 1.807) is 6.20 Å². The van der Waals surface area contributed by atoms with Crippen LogP contribution >= 0.6 is 0 Å². The number of rotatable bonds is 9. The van der Waals surface area contributed by atoms with Crippen molar-refractivity contribution in [3.63, 3.8) is 0 Å². The second kappa shape index (κ2) is 12.2. The molecule has 2 heteroatoms. The van der Waals surface area contributed by atoms with E-state index in [0.717, 1.165) is 6.54 Å². The first-order chi connectivity index (χ1) is 6.91. The first-order valence-electron chi connectivity index (χ1n) is 5.65. The lowest BCUT2D eigenvalue weighted by Gasteiger charge is -1.98. The van der Waals surface area contributed by atoms with Crippen LogP contribution in [0.1, 0.15) is 44.9 Å². The molecule has 0 aromatic carbocycles. The van der Waals surface area contributed by atoms with Gasteiger partial charge >= 0.3 is 0 Å². The largest absolute Gasteiger partial charge is 0.405 e. The minimum absolute atomic E-state index is 0.841. The molecule has 0 saturated carbocycles. The van der Waals surface area contributed by atoms with Gasteiger partial charge in [-0.05, 0) is 38.1 Å². The van der Waals surface area contributed by atoms with Crippen LogP contribution in [0.25, 0.3) is 0 Å². The Morgan fingerprint density at radius 2 is 1.43 bits per heavy atom. The number of nitrogens with two attached hydrogens (primary N) is 2. The lowest BCUT2D eigenvalue weighted by atomic mass is 10.1. The van der Waals surface area contributed by atoms with Gasteiger partial charge in [0.2, 0.25) is 0 Å². The molecule has 0 atom stereocenters. The van der Waals surface area contributed by atoms with Crippen molar-refractivity contribution in [3.8, 4) is 0 Å². The third-order valence-electron chi connectivity index (χ3n) is 2.18. The van der Waals surface area contributed by atoms with Gasteiger partial charge in [0.05, 0.1) is 0 Å². The van der Waals surface area contributed by atoms with Crippen molar-refractivity contribution >= 4 is 0 Å². The molecular formula is C12H24N2. The van der Waals surface area contributed by atoms with Crippen LogP contribution in [0.4, 0.5) is 0 Å². The van der Waals surface area contributed by atoms with Gasteiger partial charge in [0.1, 0.15) is 0 Å². The summed E-state index contributed by atoms with van der Waals surface area (Å²) in [5.74, 6) is 0. The first kappa shape index (κ1) is 13.2. The van der Waals surface area contributed by atoms with E-state index in [0.29, 0.717) is 0 Å². The monoisotopic (exact) mass is 196 g/mol. The molecule has 14 heavy (non-hydrogen) atoms. The van der Waals surface area contributed by atoms with Gasteiger partial charge in [0.25, 0.3) is 0 Å². The van der Waals surface area contributed by atoms with E-state index in [1.165, 1.54) is 44.9 Å². The highest BCUT2D eigenvalue weighted by atomic mass is 14.5. The van der Waals surface area contributed by atoms with E-state index in [-0.39, 0.29) is 0 Å². The molecule has 0 aliphatic carbocycles. The number of hydrogen-bond acceptors (Lipinski definition) is 2. The summed E-state index contributed by atoms with van der Waals surface area (Å²) >= 11 is 0. The second-order valence-corrected chi connectivity index (χ2v) is 3.51. The third kappa shape index (κ3) is 11.2. The minimum atomic E-state index is 0.841. The molecule has 0 aliphatic heterocycles. The van der Waals surface area contributed by atoms with Crippen LogP contribution in [-0.4, -0.2) is 6.54 Å². The standard InChI is InChI=1S/C12H24N2/c13-11-9-7-5-3-1-2-4-6-8-10-12-14/h5,7,9,11H,1-4,6,8,10,12-14H2. The van der Waals surface area contributed by atoms with E-state index >= 15 is 0 Å². The lowest BCUT2D eigenvalue weighted by Crippen LogP contribution is -1.97. The van der Waals surface area contributed by atoms with Crippen LogP contribution in [0.2, 0.25) is 0 Å². The molecule has 0 aromatic rings. The fourth-order valence-electron chi connectivity index (χ4n) is 1.35. The highest BCUT2D eigenvalue weighted by molar-refractivity contribution is 5.00. The van der Waals surface area contributed by atoms with Crippen molar-refractivity contribution in [1.82, 2.24) is 0 Å². The molecule has 0 unspecified atom stereocenters. The Labute approximate surface area is 88.1 Å². The summed E-state index contributed by atoms with van der Waals surface area (Å²) < 4.78 is 0. The van der Waals surface area contributed by atoms with Crippen molar-refractivity contribution in [2.45, 2.75) is 44.9 Å². The summed E-state index contributed by atoms with van der Waals surface area (Å²) in [6, 6.07) is 0. The zero-order valence-corrected chi connectivity index (χ0v) is 9.12. The van der Waals surface area contributed by atoms with Gasteiger partial charge in [-0.2, -0.15) is 0 Å². The highest BCUT2D eigenvalue weighted by Gasteiger charge is 1.88. The Balaban J connectivity index is 2.98. The molecule has 0 bridgehead atoms. The molecule has 0 aromatic heterocycles. The maximum atomic E-state index is 5.41. The fourth-order valence-corrected chi connectivity index (χ4v) is 1.35. The topological polar surface area (TPSA) is 52.0 Å². The van der Waals surface area contributed by atoms with Crippen molar-refractivity contribution in [2.24, 2.45) is 11.5 Å². The lowest BCUT2D eigenvalue weighted by molar-refractivity contribution is 0.601. The summed E-state index contributed by atoms with van der Waals surface area (Å²) in [7, 11) is 0. The number of hydrogen-bond donors (Lipinski definition) is 2. The summed E-state index contributed by atoms with van der Waals surface area (Å²) in [5, 5.41) is 0. The van der Waals surface area contributed by atoms with E-state index in [9.17, 15) is 0 Å². The number of unbranched alkanes of at least 4 members (excludes halogenated alkanes) is 6. The molecule has 0 fully saturated rings. The van der Waals surface area contributed by atoms with E-state index < -0.39 is 0 Å². The number of allylic oxidation sites excluding steroid dienone is 3. The van der Waals surface area contributed by atoms with Crippen LogP contribution in [-0.2, 0) is 0 Å². The van der Waals surface area contributed by atoms with Crippen LogP contribution < -0.4 is 11.5 Å². The molecule has 4 N–H and O–H groups in total. The minimum Gasteiger partial charge on any atom is -0.405 e. The van der Waals surface area contributed by atoms with E-state index in [4.69, 9.17) is 11.5 Å². The van der Waals surface area contributed by atoms with Crippen LogP contribution in [0.5, 0.6) is 0 Å². The summed E-state index contributed by atoms with van der Waals surface area (Å²) in [4.78, 5) is 0. The SMILES string of the molecule is NC=CC=CCCCCCCCCN. The maximum Gasteiger partial charge on any atom is -0.00625 e. The van der Waals surface area contributed by atoms with Gasteiger partial charge < -0.3 is 11.5 Å². The second-order valence-electron chi connectivity index (χ2n) is 3.51. The molecule has 0 aliphatic rings. The zero-order valence-electron chi connectivity index (χ0n) is 9.12. The maximum absolute atomic E-state index is 5.41. The zero-order chi connectivity index (χ0) is 10.5. The van der Waals surface area contributed by atoms with Crippen molar-refractivity contribution in [3.05, 3.63) is 24.4 Å². The average Bonchev–Trinajstić information content (AvgIpc) is 2.21. The third-order valence-corrected chi connectivity index (χ3v) is 2.18. The van der Waals surface area contributed by atoms with E-state index in [1.807, 2.05) is 12.2 Å². The normalized spacial score (nSPS) is 11.8.